The maximum absolute atomic E-state index is 12.5. The fourth-order valence-electron chi connectivity index (χ4n) is 1.46. The summed E-state index contributed by atoms with van der Waals surface area (Å²) in [6.45, 7) is 0. The van der Waals surface area contributed by atoms with E-state index in [2.05, 4.69) is 10.3 Å². The molecule has 19 heavy (non-hydrogen) atoms. The van der Waals surface area contributed by atoms with Gasteiger partial charge in [-0.2, -0.15) is 13.2 Å². The van der Waals surface area contributed by atoms with Crippen LogP contribution in [0.2, 0.25) is 0 Å². The lowest BCUT2D eigenvalue weighted by atomic mass is 10.2. The monoisotopic (exact) mass is 266 g/mol. The zero-order chi connectivity index (χ0) is 13.9. The van der Waals surface area contributed by atoms with Crippen molar-refractivity contribution < 1.29 is 18.0 Å². The van der Waals surface area contributed by atoms with Gasteiger partial charge in [0.05, 0.1) is 17.4 Å². The van der Waals surface area contributed by atoms with Crippen molar-refractivity contribution >= 4 is 11.6 Å². The summed E-state index contributed by atoms with van der Waals surface area (Å²) < 4.78 is 37.4. The van der Waals surface area contributed by atoms with Crippen LogP contribution in [0.15, 0.2) is 48.8 Å². The van der Waals surface area contributed by atoms with Gasteiger partial charge in [0.15, 0.2) is 0 Å². The average molecular weight is 266 g/mol. The Kier molecular flexibility index (Phi) is 3.50. The van der Waals surface area contributed by atoms with E-state index in [4.69, 9.17) is 0 Å². The number of anilines is 1. The van der Waals surface area contributed by atoms with Crippen LogP contribution in [0, 0.1) is 0 Å². The molecule has 0 bridgehead atoms. The van der Waals surface area contributed by atoms with E-state index in [0.29, 0.717) is 11.8 Å². The van der Waals surface area contributed by atoms with Gasteiger partial charge in [0.1, 0.15) is 0 Å². The largest absolute Gasteiger partial charge is 0.417 e. The Morgan fingerprint density at radius 2 is 1.79 bits per heavy atom. The van der Waals surface area contributed by atoms with Crippen molar-refractivity contribution in [3.8, 4) is 0 Å². The molecule has 2 aromatic rings. The Labute approximate surface area is 107 Å². The van der Waals surface area contributed by atoms with Gasteiger partial charge < -0.3 is 5.32 Å². The van der Waals surface area contributed by atoms with Gasteiger partial charge in [-0.1, -0.05) is 18.2 Å². The third-order valence-electron chi connectivity index (χ3n) is 2.36. The van der Waals surface area contributed by atoms with E-state index in [1.165, 1.54) is 0 Å². The molecular formula is C13H9F3N2O. The Balaban J connectivity index is 2.18. The van der Waals surface area contributed by atoms with Gasteiger partial charge in [0, 0.05) is 11.8 Å². The number of carbonyl (C=O) groups is 1. The maximum Gasteiger partial charge on any atom is 0.417 e. The summed E-state index contributed by atoms with van der Waals surface area (Å²) in [6.07, 6.45) is -2.62. The van der Waals surface area contributed by atoms with E-state index in [1.807, 2.05) is 0 Å². The quantitative estimate of drug-likeness (QED) is 0.905. The van der Waals surface area contributed by atoms with Crippen molar-refractivity contribution in [3.05, 3.63) is 59.9 Å². The van der Waals surface area contributed by atoms with Crippen LogP contribution >= 0.6 is 0 Å². The minimum Gasteiger partial charge on any atom is -0.321 e. The molecule has 0 saturated carbocycles. The van der Waals surface area contributed by atoms with Crippen molar-refractivity contribution in [2.45, 2.75) is 6.18 Å². The molecule has 0 unspecified atom stereocenters. The molecule has 0 atom stereocenters. The zero-order valence-corrected chi connectivity index (χ0v) is 9.61. The topological polar surface area (TPSA) is 42.0 Å². The highest BCUT2D eigenvalue weighted by Gasteiger charge is 2.31. The summed E-state index contributed by atoms with van der Waals surface area (Å²) in [7, 11) is 0. The zero-order valence-electron chi connectivity index (χ0n) is 9.61. The number of halogens is 3. The van der Waals surface area contributed by atoms with Crippen molar-refractivity contribution in [2.75, 3.05) is 5.32 Å². The maximum atomic E-state index is 12.5. The smallest absolute Gasteiger partial charge is 0.321 e. The molecule has 98 valence electrons. The van der Waals surface area contributed by atoms with E-state index in [-0.39, 0.29) is 5.69 Å². The highest BCUT2D eigenvalue weighted by molar-refractivity contribution is 6.04. The summed E-state index contributed by atoms with van der Waals surface area (Å²) in [5.74, 6) is -0.485. The van der Waals surface area contributed by atoms with Gasteiger partial charge in [-0.05, 0) is 18.2 Å². The number of nitrogens with zero attached hydrogens (tertiary/aromatic N) is 1. The summed E-state index contributed by atoms with van der Waals surface area (Å²) in [5, 5.41) is 2.37. The second-order valence-corrected chi connectivity index (χ2v) is 3.78. The predicted octanol–water partition coefficient (Wildman–Crippen LogP) is 3.35. The van der Waals surface area contributed by atoms with E-state index in [9.17, 15) is 18.0 Å². The lowest BCUT2D eigenvalue weighted by molar-refractivity contribution is -0.137. The normalized spacial score (nSPS) is 11.1. The first-order chi connectivity index (χ1) is 8.97. The molecule has 1 aromatic carbocycles. The van der Waals surface area contributed by atoms with Gasteiger partial charge in [-0.15, -0.1) is 0 Å². The molecule has 0 aliphatic heterocycles. The minimum absolute atomic E-state index is 0.00341. The third-order valence-corrected chi connectivity index (χ3v) is 2.36. The lowest BCUT2D eigenvalue weighted by Crippen LogP contribution is -2.13. The van der Waals surface area contributed by atoms with Crippen LogP contribution in [0.4, 0.5) is 18.9 Å². The van der Waals surface area contributed by atoms with Gasteiger partial charge in [-0.3, -0.25) is 9.78 Å². The molecule has 0 aliphatic rings. The Hall–Kier alpha value is -2.37. The lowest BCUT2D eigenvalue weighted by Gasteiger charge is -2.09. The predicted molar refractivity (Wildman–Crippen MR) is 63.6 cm³/mol. The summed E-state index contributed by atoms with van der Waals surface area (Å²) >= 11 is 0. The average Bonchev–Trinajstić information content (AvgIpc) is 2.39. The first-order valence-electron chi connectivity index (χ1n) is 5.35. The number of amides is 1. The molecule has 1 amide bonds. The fourth-order valence-corrected chi connectivity index (χ4v) is 1.46. The van der Waals surface area contributed by atoms with Crippen molar-refractivity contribution in [1.29, 1.82) is 0 Å². The number of hydrogen-bond donors (Lipinski definition) is 1. The Morgan fingerprint density at radius 1 is 1.11 bits per heavy atom. The highest BCUT2D eigenvalue weighted by Crippen LogP contribution is 2.29. The number of pyridine rings is 1. The molecule has 0 saturated heterocycles. The van der Waals surface area contributed by atoms with E-state index in [1.54, 1.807) is 30.3 Å². The second-order valence-electron chi connectivity index (χ2n) is 3.78. The number of rotatable bonds is 2. The first-order valence-corrected chi connectivity index (χ1v) is 5.35. The van der Waals surface area contributed by atoms with Gasteiger partial charge >= 0.3 is 6.18 Å². The van der Waals surface area contributed by atoms with Gasteiger partial charge in [0.2, 0.25) is 0 Å². The highest BCUT2D eigenvalue weighted by atomic mass is 19.4. The summed E-state index contributed by atoms with van der Waals surface area (Å²) in [5.41, 5.74) is -0.540. The number of hydrogen-bond acceptors (Lipinski definition) is 2. The number of nitrogens with one attached hydrogen (secondary N) is 1. The van der Waals surface area contributed by atoms with E-state index in [0.717, 1.165) is 12.3 Å². The molecule has 6 heteroatoms. The van der Waals surface area contributed by atoms with Crippen LogP contribution in [0.1, 0.15) is 15.9 Å². The third kappa shape index (κ3) is 3.31. The van der Waals surface area contributed by atoms with Crippen LogP contribution in [0.5, 0.6) is 0 Å². The number of carbonyl (C=O) groups excluding carboxylic acids is 1. The van der Waals surface area contributed by atoms with Gasteiger partial charge in [-0.25, -0.2) is 0 Å². The molecule has 0 radical (unpaired) electrons. The van der Waals surface area contributed by atoms with Crippen molar-refractivity contribution in [2.24, 2.45) is 0 Å². The number of benzene rings is 1. The van der Waals surface area contributed by atoms with Crippen LogP contribution < -0.4 is 5.32 Å². The molecule has 1 heterocycles. The van der Waals surface area contributed by atoms with Crippen LogP contribution in [-0.2, 0) is 6.18 Å². The van der Waals surface area contributed by atoms with Crippen molar-refractivity contribution in [3.63, 3.8) is 0 Å². The SMILES string of the molecule is O=C(Nc1cncc(C(F)(F)F)c1)c1ccccc1. The molecular weight excluding hydrogens is 257 g/mol. The summed E-state index contributed by atoms with van der Waals surface area (Å²) in [6, 6.07) is 9.04. The molecule has 0 aliphatic carbocycles. The fraction of sp³-hybridized carbons (Fsp3) is 0.0769. The van der Waals surface area contributed by atoms with E-state index < -0.39 is 17.6 Å². The second kappa shape index (κ2) is 5.09. The Bertz CT molecular complexity index is 582. The molecule has 0 fully saturated rings. The van der Waals surface area contributed by atoms with Crippen LogP contribution in [0.25, 0.3) is 0 Å². The minimum atomic E-state index is -4.49. The van der Waals surface area contributed by atoms with Gasteiger partial charge in [0.25, 0.3) is 5.91 Å². The molecule has 0 spiro atoms. The first kappa shape index (κ1) is 13.1. The Morgan fingerprint density at radius 3 is 2.42 bits per heavy atom. The summed E-state index contributed by atoms with van der Waals surface area (Å²) in [4.78, 5) is 15.2. The number of alkyl halides is 3. The van der Waals surface area contributed by atoms with Crippen LogP contribution in [-0.4, -0.2) is 10.9 Å². The molecule has 3 nitrogen and oxygen atoms in total. The van der Waals surface area contributed by atoms with E-state index >= 15 is 0 Å². The standard InChI is InChI=1S/C13H9F3N2O/c14-13(15,16)10-6-11(8-17-7-10)18-12(19)9-4-2-1-3-5-9/h1-8H,(H,18,19). The molecule has 1 N–H and O–H groups in total. The van der Waals surface area contributed by atoms with Crippen LogP contribution in [0.3, 0.4) is 0 Å². The molecule has 2 rings (SSSR count). The number of aromatic nitrogens is 1. The molecule has 1 aromatic heterocycles. The van der Waals surface area contributed by atoms with Crippen molar-refractivity contribution in [1.82, 2.24) is 4.98 Å².